The summed E-state index contributed by atoms with van der Waals surface area (Å²) in [6.07, 6.45) is 2.95. The highest BCUT2D eigenvalue weighted by Gasteiger charge is 2.31. The fraction of sp³-hybridized carbons (Fsp3) is 0.550. The van der Waals surface area contributed by atoms with Crippen LogP contribution in [-0.2, 0) is 0 Å². The van der Waals surface area contributed by atoms with Crippen molar-refractivity contribution in [1.82, 2.24) is 0 Å². The van der Waals surface area contributed by atoms with E-state index in [4.69, 9.17) is 0 Å². The van der Waals surface area contributed by atoms with Crippen molar-refractivity contribution in [2.24, 2.45) is 5.92 Å². The summed E-state index contributed by atoms with van der Waals surface area (Å²) in [5.41, 5.74) is 2.76. The van der Waals surface area contributed by atoms with Crippen LogP contribution in [0.4, 0.5) is 0 Å². The van der Waals surface area contributed by atoms with Gasteiger partial charge >= 0.3 is 5.97 Å². The summed E-state index contributed by atoms with van der Waals surface area (Å²) >= 11 is 0. The fourth-order valence-corrected chi connectivity index (χ4v) is 3.82. The Balaban J connectivity index is 2.29. The fourth-order valence-electron chi connectivity index (χ4n) is 3.82. The van der Waals surface area contributed by atoms with E-state index in [0.717, 1.165) is 36.0 Å². The summed E-state index contributed by atoms with van der Waals surface area (Å²) in [5.74, 6) is -0.188. The molecular formula is C20H28O4. The lowest BCUT2D eigenvalue weighted by Crippen LogP contribution is -2.21. The maximum atomic E-state index is 11.3. The number of carboxylic acids is 1. The van der Waals surface area contributed by atoms with E-state index in [0.29, 0.717) is 12.3 Å². The molecule has 0 bridgehead atoms. The number of phenolic OH excluding ortho intramolecular Hbond substituents is 1. The van der Waals surface area contributed by atoms with Gasteiger partial charge in [0.2, 0.25) is 0 Å². The normalized spacial score (nSPS) is 22.5. The summed E-state index contributed by atoms with van der Waals surface area (Å²) < 4.78 is 0. The molecule has 4 nitrogen and oxygen atoms in total. The molecule has 0 fully saturated rings. The molecule has 1 aromatic rings. The predicted octanol–water partition coefficient (Wildman–Crippen LogP) is 4.42. The monoisotopic (exact) mass is 332 g/mol. The highest BCUT2D eigenvalue weighted by molar-refractivity contribution is 5.88. The van der Waals surface area contributed by atoms with Gasteiger partial charge in [-0.25, -0.2) is 4.79 Å². The van der Waals surface area contributed by atoms with E-state index in [9.17, 15) is 20.1 Å². The Labute approximate surface area is 143 Å². The van der Waals surface area contributed by atoms with E-state index < -0.39 is 12.1 Å². The highest BCUT2D eigenvalue weighted by Crippen LogP contribution is 2.47. The van der Waals surface area contributed by atoms with Crippen LogP contribution in [0, 0.1) is 5.92 Å². The Hall–Kier alpha value is -1.81. The molecule has 1 aliphatic rings. The van der Waals surface area contributed by atoms with Crippen LogP contribution in [0.2, 0.25) is 0 Å². The molecule has 0 aliphatic heterocycles. The van der Waals surface area contributed by atoms with Gasteiger partial charge in [0.1, 0.15) is 5.75 Å². The first kappa shape index (κ1) is 18.5. The van der Waals surface area contributed by atoms with Crippen LogP contribution in [0.3, 0.4) is 0 Å². The van der Waals surface area contributed by atoms with Crippen LogP contribution in [-0.4, -0.2) is 27.4 Å². The number of hydrogen-bond acceptors (Lipinski definition) is 3. The molecule has 0 amide bonds. The molecule has 0 heterocycles. The third kappa shape index (κ3) is 3.81. The number of rotatable bonds is 6. The quantitative estimate of drug-likeness (QED) is 0.674. The lowest BCUT2D eigenvalue weighted by Gasteiger charge is -2.34. The third-order valence-electron chi connectivity index (χ3n) is 5.39. The van der Waals surface area contributed by atoms with Gasteiger partial charge in [0.15, 0.2) is 0 Å². The summed E-state index contributed by atoms with van der Waals surface area (Å²) in [6.45, 7) is 9.82. The first-order valence-corrected chi connectivity index (χ1v) is 8.65. The van der Waals surface area contributed by atoms with Crippen LogP contribution in [0.1, 0.15) is 79.8 Å². The van der Waals surface area contributed by atoms with Crippen LogP contribution < -0.4 is 0 Å². The molecule has 2 rings (SSSR count). The zero-order valence-electron chi connectivity index (χ0n) is 14.7. The van der Waals surface area contributed by atoms with E-state index in [2.05, 4.69) is 20.4 Å². The summed E-state index contributed by atoms with van der Waals surface area (Å²) in [6, 6.07) is 3.08. The minimum atomic E-state index is -1.02. The van der Waals surface area contributed by atoms with Gasteiger partial charge in [-0.15, -0.1) is 0 Å². The predicted molar refractivity (Wildman–Crippen MR) is 94.7 cm³/mol. The van der Waals surface area contributed by atoms with Crippen molar-refractivity contribution < 1.29 is 20.1 Å². The van der Waals surface area contributed by atoms with Crippen molar-refractivity contribution >= 4 is 5.97 Å². The number of aliphatic hydroxyl groups is 1. The minimum Gasteiger partial charge on any atom is -0.508 e. The van der Waals surface area contributed by atoms with Gasteiger partial charge < -0.3 is 15.3 Å². The molecule has 4 atom stereocenters. The number of carbonyl (C=O) groups is 1. The molecular weight excluding hydrogens is 304 g/mol. The summed E-state index contributed by atoms with van der Waals surface area (Å²) in [4.78, 5) is 11.3. The topological polar surface area (TPSA) is 77.8 Å². The molecule has 0 saturated carbocycles. The molecule has 3 N–H and O–H groups in total. The maximum Gasteiger partial charge on any atom is 0.335 e. The van der Waals surface area contributed by atoms with Gasteiger partial charge in [0.05, 0.1) is 11.7 Å². The summed E-state index contributed by atoms with van der Waals surface area (Å²) in [5, 5.41) is 29.6. The van der Waals surface area contributed by atoms with Gasteiger partial charge in [0.25, 0.3) is 0 Å². The van der Waals surface area contributed by atoms with E-state index in [1.54, 1.807) is 6.07 Å². The average Bonchev–Trinajstić information content (AvgIpc) is 2.51. The largest absolute Gasteiger partial charge is 0.508 e. The Kier molecular flexibility index (Phi) is 5.70. The Morgan fingerprint density at radius 1 is 1.33 bits per heavy atom. The van der Waals surface area contributed by atoms with Gasteiger partial charge in [-0.2, -0.15) is 0 Å². The Morgan fingerprint density at radius 3 is 2.58 bits per heavy atom. The lowest BCUT2D eigenvalue weighted by molar-refractivity contribution is 0.0696. The number of fused-ring (bicyclic) bond motifs is 1. The molecule has 132 valence electrons. The zero-order chi connectivity index (χ0) is 18.0. The van der Waals surface area contributed by atoms with Crippen LogP contribution >= 0.6 is 0 Å². The van der Waals surface area contributed by atoms with Crippen molar-refractivity contribution in [3.8, 4) is 5.75 Å². The van der Waals surface area contributed by atoms with Crippen molar-refractivity contribution in [3.63, 3.8) is 0 Å². The molecule has 0 radical (unpaired) electrons. The standard InChI is InChI=1S/C20H28O4/c1-11(2)17(21)8-6-12(3)15-7-5-13(4)19-16(15)9-14(20(23)24)10-18(19)22/h9-10,12-13,15,17,21-22H,1,5-8H2,2-4H3,(H,23,24)/t12-,13+,15-,17+/m0/s1. The molecule has 1 aromatic carbocycles. The second-order valence-electron chi connectivity index (χ2n) is 7.31. The SMILES string of the molecule is C=C(C)[C@H](O)CC[C@H](C)[C@@H]1CC[C@@H](C)c2c(O)cc(C(=O)O)cc21. The lowest BCUT2D eigenvalue weighted by atomic mass is 9.70. The molecule has 0 unspecified atom stereocenters. The Bertz CT molecular complexity index is 635. The van der Waals surface area contributed by atoms with Gasteiger partial charge in [0, 0.05) is 5.56 Å². The number of aromatic hydroxyl groups is 1. The van der Waals surface area contributed by atoms with E-state index in [1.165, 1.54) is 6.07 Å². The van der Waals surface area contributed by atoms with Gasteiger partial charge in [-0.05, 0) is 68.1 Å². The van der Waals surface area contributed by atoms with Crippen LogP contribution in [0.5, 0.6) is 5.75 Å². The third-order valence-corrected chi connectivity index (χ3v) is 5.39. The molecule has 4 heteroatoms. The van der Waals surface area contributed by atoms with Crippen LogP contribution in [0.25, 0.3) is 0 Å². The number of aromatic carboxylic acids is 1. The highest BCUT2D eigenvalue weighted by atomic mass is 16.4. The molecule has 0 saturated heterocycles. The smallest absolute Gasteiger partial charge is 0.335 e. The molecule has 24 heavy (non-hydrogen) atoms. The van der Waals surface area contributed by atoms with Crippen LogP contribution in [0.15, 0.2) is 24.3 Å². The van der Waals surface area contributed by atoms with Gasteiger partial charge in [-0.1, -0.05) is 26.0 Å². The molecule has 1 aliphatic carbocycles. The van der Waals surface area contributed by atoms with Crippen molar-refractivity contribution in [2.45, 2.75) is 64.4 Å². The number of carboxylic acid groups (broad SMARTS) is 1. The number of aliphatic hydroxyl groups excluding tert-OH is 1. The van der Waals surface area contributed by atoms with Crippen molar-refractivity contribution in [3.05, 3.63) is 41.0 Å². The number of benzene rings is 1. The summed E-state index contributed by atoms with van der Waals surface area (Å²) in [7, 11) is 0. The van der Waals surface area contributed by atoms with Gasteiger partial charge in [-0.3, -0.25) is 0 Å². The minimum absolute atomic E-state index is 0.0938. The molecule has 0 aromatic heterocycles. The van der Waals surface area contributed by atoms with E-state index in [1.807, 2.05) is 6.92 Å². The second kappa shape index (κ2) is 7.39. The van der Waals surface area contributed by atoms with Crippen molar-refractivity contribution in [1.29, 1.82) is 0 Å². The van der Waals surface area contributed by atoms with Crippen molar-refractivity contribution in [2.75, 3.05) is 0 Å². The first-order chi connectivity index (χ1) is 11.2. The Morgan fingerprint density at radius 2 is 2.00 bits per heavy atom. The first-order valence-electron chi connectivity index (χ1n) is 8.65. The molecule has 0 spiro atoms. The zero-order valence-corrected chi connectivity index (χ0v) is 14.7. The number of phenols is 1. The maximum absolute atomic E-state index is 11.3. The second-order valence-corrected chi connectivity index (χ2v) is 7.31. The van der Waals surface area contributed by atoms with E-state index in [-0.39, 0.29) is 23.1 Å². The number of hydrogen-bond donors (Lipinski definition) is 3. The van der Waals surface area contributed by atoms with E-state index >= 15 is 0 Å². The average molecular weight is 332 g/mol.